The third kappa shape index (κ3) is 2.80. The number of rotatable bonds is 5. The minimum Gasteiger partial charge on any atom is -0.497 e. The summed E-state index contributed by atoms with van der Waals surface area (Å²) in [4.78, 5) is 15.0. The molecule has 0 radical (unpaired) electrons. The first kappa shape index (κ1) is 17.1. The van der Waals surface area contributed by atoms with E-state index in [1.165, 1.54) is 0 Å². The maximum atomic E-state index is 13.1. The maximum Gasteiger partial charge on any atom is 0.258 e. The quantitative estimate of drug-likeness (QED) is 0.898. The summed E-state index contributed by atoms with van der Waals surface area (Å²) in [5, 5.41) is 3.55. The van der Waals surface area contributed by atoms with E-state index in [-0.39, 0.29) is 5.91 Å². The molecule has 1 N–H and O–H groups in total. The molecular formula is C20H24N2O3. The molecule has 0 aliphatic carbocycles. The highest BCUT2D eigenvalue weighted by molar-refractivity contribution is 6.02. The highest BCUT2D eigenvalue weighted by Crippen LogP contribution is 2.42. The number of benzene rings is 2. The summed E-state index contributed by atoms with van der Waals surface area (Å²) in [6.07, 6.45) is 0.865. The molecule has 1 aliphatic heterocycles. The summed E-state index contributed by atoms with van der Waals surface area (Å²) in [7, 11) is 3.25. The molecule has 0 aromatic heterocycles. The van der Waals surface area contributed by atoms with Crippen LogP contribution in [0.1, 0.15) is 36.2 Å². The average molecular weight is 340 g/mol. The number of carbonyl (C=O) groups is 1. The molecule has 1 aliphatic rings. The summed E-state index contributed by atoms with van der Waals surface area (Å²) < 4.78 is 10.9. The fourth-order valence-electron chi connectivity index (χ4n) is 3.42. The molecule has 132 valence electrons. The number of hydrogen-bond donors (Lipinski definition) is 1. The van der Waals surface area contributed by atoms with Crippen LogP contribution in [0.25, 0.3) is 0 Å². The first-order valence-electron chi connectivity index (χ1n) is 8.46. The van der Waals surface area contributed by atoms with Gasteiger partial charge in [0.15, 0.2) is 0 Å². The Bertz CT molecular complexity index is 790. The van der Waals surface area contributed by atoms with Crippen molar-refractivity contribution < 1.29 is 14.3 Å². The zero-order valence-electron chi connectivity index (χ0n) is 15.1. The van der Waals surface area contributed by atoms with E-state index < -0.39 is 5.66 Å². The monoisotopic (exact) mass is 340 g/mol. The van der Waals surface area contributed by atoms with Crippen molar-refractivity contribution in [1.82, 2.24) is 4.90 Å². The van der Waals surface area contributed by atoms with Crippen molar-refractivity contribution in [2.75, 3.05) is 26.1 Å². The highest BCUT2D eigenvalue weighted by Gasteiger charge is 2.43. The number of para-hydroxylation sites is 1. The van der Waals surface area contributed by atoms with Crippen molar-refractivity contribution in [3.05, 3.63) is 53.6 Å². The molecule has 0 saturated carbocycles. The second-order valence-electron chi connectivity index (χ2n) is 6.27. The van der Waals surface area contributed by atoms with Gasteiger partial charge in [0.05, 0.1) is 19.8 Å². The lowest BCUT2D eigenvalue weighted by Crippen LogP contribution is -2.56. The van der Waals surface area contributed by atoms with E-state index >= 15 is 0 Å². The number of ether oxygens (including phenoxy) is 2. The van der Waals surface area contributed by atoms with Crippen LogP contribution >= 0.6 is 0 Å². The maximum absolute atomic E-state index is 13.1. The average Bonchev–Trinajstić information content (AvgIpc) is 2.64. The molecule has 25 heavy (non-hydrogen) atoms. The van der Waals surface area contributed by atoms with Gasteiger partial charge in [0.1, 0.15) is 17.2 Å². The first-order chi connectivity index (χ1) is 12.0. The Hall–Kier alpha value is -2.69. The summed E-state index contributed by atoms with van der Waals surface area (Å²) in [5.74, 6) is 1.42. The van der Waals surface area contributed by atoms with Gasteiger partial charge in [0.25, 0.3) is 5.91 Å². The zero-order valence-corrected chi connectivity index (χ0v) is 15.1. The van der Waals surface area contributed by atoms with Gasteiger partial charge in [-0.1, -0.05) is 19.1 Å². The molecule has 1 unspecified atom stereocenters. The number of amides is 1. The van der Waals surface area contributed by atoms with E-state index in [1.807, 2.05) is 54.3 Å². The first-order valence-corrected chi connectivity index (χ1v) is 8.46. The molecule has 0 saturated heterocycles. The molecule has 2 aromatic rings. The normalized spacial score (nSPS) is 19.2. The van der Waals surface area contributed by atoms with Gasteiger partial charge in [-0.2, -0.15) is 0 Å². The number of nitrogens with one attached hydrogen (secondary N) is 1. The van der Waals surface area contributed by atoms with Crippen molar-refractivity contribution in [3.63, 3.8) is 0 Å². The van der Waals surface area contributed by atoms with Crippen molar-refractivity contribution in [1.29, 1.82) is 0 Å². The third-order valence-corrected chi connectivity index (χ3v) is 4.70. The van der Waals surface area contributed by atoms with E-state index in [4.69, 9.17) is 9.47 Å². The molecule has 0 bridgehead atoms. The fourth-order valence-corrected chi connectivity index (χ4v) is 3.42. The predicted octanol–water partition coefficient (Wildman–Crippen LogP) is 3.85. The van der Waals surface area contributed by atoms with Gasteiger partial charge in [-0.25, -0.2) is 0 Å². The molecule has 5 nitrogen and oxygen atoms in total. The SMILES string of the molecule is CCCN1C(=O)c2ccccc2NC1(C)c1ccc(OC)cc1OC. The second kappa shape index (κ2) is 6.67. The van der Waals surface area contributed by atoms with Crippen molar-refractivity contribution in [2.45, 2.75) is 25.9 Å². The molecule has 0 fully saturated rings. The smallest absolute Gasteiger partial charge is 0.258 e. The van der Waals surface area contributed by atoms with Gasteiger partial charge in [0, 0.05) is 23.9 Å². The van der Waals surface area contributed by atoms with Crippen LogP contribution in [0, 0.1) is 0 Å². The number of nitrogens with zero attached hydrogens (tertiary/aromatic N) is 1. The Kier molecular flexibility index (Phi) is 4.57. The molecule has 3 rings (SSSR count). The number of carbonyl (C=O) groups excluding carboxylic acids is 1. The Morgan fingerprint density at radius 2 is 1.88 bits per heavy atom. The predicted molar refractivity (Wildman–Crippen MR) is 98.3 cm³/mol. The number of methoxy groups -OCH3 is 2. The number of fused-ring (bicyclic) bond motifs is 1. The van der Waals surface area contributed by atoms with Crippen LogP contribution < -0.4 is 14.8 Å². The van der Waals surface area contributed by atoms with Gasteiger partial charge in [-0.05, 0) is 37.6 Å². The molecule has 1 heterocycles. The Balaban J connectivity index is 2.16. The van der Waals surface area contributed by atoms with Crippen molar-refractivity contribution >= 4 is 11.6 Å². The summed E-state index contributed by atoms with van der Waals surface area (Å²) in [6.45, 7) is 4.73. The molecule has 1 amide bonds. The van der Waals surface area contributed by atoms with E-state index in [0.29, 0.717) is 23.6 Å². The highest BCUT2D eigenvalue weighted by atomic mass is 16.5. The van der Waals surface area contributed by atoms with Gasteiger partial charge in [0.2, 0.25) is 0 Å². The topological polar surface area (TPSA) is 50.8 Å². The Morgan fingerprint density at radius 3 is 2.56 bits per heavy atom. The fraction of sp³-hybridized carbons (Fsp3) is 0.350. The zero-order chi connectivity index (χ0) is 18.0. The lowest BCUT2D eigenvalue weighted by atomic mass is 9.92. The lowest BCUT2D eigenvalue weighted by molar-refractivity contribution is 0.0530. The summed E-state index contributed by atoms with van der Waals surface area (Å²) in [6, 6.07) is 13.3. The van der Waals surface area contributed by atoms with E-state index in [9.17, 15) is 4.79 Å². The standard InChI is InChI=1S/C20H24N2O3/c1-5-12-22-19(23)15-8-6-7-9-17(15)21-20(22,2)16-11-10-14(24-3)13-18(16)25-4/h6-11,13,21H,5,12H2,1-4H3. The van der Waals surface area contributed by atoms with Crippen molar-refractivity contribution in [3.8, 4) is 11.5 Å². The molecular weight excluding hydrogens is 316 g/mol. The summed E-state index contributed by atoms with van der Waals surface area (Å²) >= 11 is 0. The molecule has 5 heteroatoms. The largest absolute Gasteiger partial charge is 0.497 e. The van der Waals surface area contributed by atoms with Crippen LogP contribution in [0.5, 0.6) is 11.5 Å². The third-order valence-electron chi connectivity index (χ3n) is 4.70. The molecule has 2 aromatic carbocycles. The minimum absolute atomic E-state index is 0.0246. The lowest BCUT2D eigenvalue weighted by Gasteiger charge is -2.47. The minimum atomic E-state index is -0.709. The van der Waals surface area contributed by atoms with E-state index in [2.05, 4.69) is 12.2 Å². The van der Waals surface area contributed by atoms with Crippen LogP contribution in [0.2, 0.25) is 0 Å². The Morgan fingerprint density at radius 1 is 1.12 bits per heavy atom. The van der Waals surface area contributed by atoms with Crippen LogP contribution in [0.3, 0.4) is 0 Å². The van der Waals surface area contributed by atoms with Crippen LogP contribution in [-0.4, -0.2) is 31.6 Å². The van der Waals surface area contributed by atoms with Gasteiger partial charge in [-0.15, -0.1) is 0 Å². The van der Waals surface area contributed by atoms with Crippen LogP contribution in [-0.2, 0) is 5.66 Å². The molecule has 0 spiro atoms. The van der Waals surface area contributed by atoms with Gasteiger partial charge >= 0.3 is 0 Å². The Labute approximate surface area is 148 Å². The summed E-state index contributed by atoms with van der Waals surface area (Å²) in [5.41, 5.74) is 1.72. The van der Waals surface area contributed by atoms with E-state index in [1.54, 1.807) is 14.2 Å². The van der Waals surface area contributed by atoms with Gasteiger partial charge < -0.3 is 19.7 Å². The van der Waals surface area contributed by atoms with Crippen LogP contribution in [0.15, 0.2) is 42.5 Å². The number of anilines is 1. The van der Waals surface area contributed by atoms with E-state index in [0.717, 1.165) is 17.7 Å². The van der Waals surface area contributed by atoms with Gasteiger partial charge in [-0.3, -0.25) is 4.79 Å². The second-order valence-corrected chi connectivity index (χ2v) is 6.27. The van der Waals surface area contributed by atoms with Crippen LogP contribution in [0.4, 0.5) is 5.69 Å². The van der Waals surface area contributed by atoms with Crippen molar-refractivity contribution in [2.24, 2.45) is 0 Å². The number of hydrogen-bond acceptors (Lipinski definition) is 4. The molecule has 1 atom stereocenters.